The molecular formula is C22H26N2O. The molecule has 1 heterocycles. The number of hydrogen-bond donors (Lipinski definition) is 1. The van der Waals surface area contributed by atoms with Gasteiger partial charge in [0.05, 0.1) is 0 Å². The molecule has 0 bridgehead atoms. The Morgan fingerprint density at radius 1 is 1.00 bits per heavy atom. The Kier molecular flexibility index (Phi) is 4.58. The van der Waals surface area contributed by atoms with E-state index in [9.17, 15) is 4.79 Å². The van der Waals surface area contributed by atoms with Gasteiger partial charge in [-0.1, -0.05) is 61.5 Å². The van der Waals surface area contributed by atoms with Crippen molar-refractivity contribution in [1.82, 2.24) is 10.2 Å². The van der Waals surface area contributed by atoms with Crippen LogP contribution in [-0.2, 0) is 24.2 Å². The summed E-state index contributed by atoms with van der Waals surface area (Å²) < 4.78 is 0. The van der Waals surface area contributed by atoms with Gasteiger partial charge in [-0.3, -0.25) is 9.69 Å². The second kappa shape index (κ2) is 7.01. The second-order valence-electron chi connectivity index (χ2n) is 7.65. The summed E-state index contributed by atoms with van der Waals surface area (Å²) in [7, 11) is 0. The molecule has 1 amide bonds. The van der Waals surface area contributed by atoms with E-state index in [0.717, 1.165) is 32.5 Å². The molecule has 3 heteroatoms. The second-order valence-corrected chi connectivity index (χ2v) is 7.65. The number of carbonyl (C=O) groups is 1. The van der Waals surface area contributed by atoms with E-state index in [0.29, 0.717) is 5.92 Å². The van der Waals surface area contributed by atoms with Gasteiger partial charge in [0, 0.05) is 31.6 Å². The van der Waals surface area contributed by atoms with Crippen LogP contribution in [0.5, 0.6) is 0 Å². The maximum atomic E-state index is 12.8. The Bertz CT molecular complexity index is 718. The number of carbonyl (C=O) groups excluding carboxylic acids is 1. The molecule has 0 spiro atoms. The summed E-state index contributed by atoms with van der Waals surface area (Å²) in [6.45, 7) is 5.21. The van der Waals surface area contributed by atoms with Crippen LogP contribution in [0.15, 0.2) is 54.6 Å². The first-order chi connectivity index (χ1) is 12.2. The third-order valence-electron chi connectivity index (χ3n) is 5.69. The third-order valence-corrected chi connectivity index (χ3v) is 5.69. The Labute approximate surface area is 150 Å². The van der Waals surface area contributed by atoms with Crippen molar-refractivity contribution in [1.29, 1.82) is 0 Å². The van der Waals surface area contributed by atoms with Crippen LogP contribution in [0, 0.1) is 11.8 Å². The van der Waals surface area contributed by atoms with Gasteiger partial charge in [-0.15, -0.1) is 0 Å². The van der Waals surface area contributed by atoms with Gasteiger partial charge in [0.2, 0.25) is 5.91 Å². The number of nitrogens with zero attached hydrogens (tertiary/aromatic N) is 1. The number of nitrogens with one attached hydrogen (secondary N) is 1. The molecule has 2 aromatic carbocycles. The molecule has 2 aliphatic rings. The lowest BCUT2D eigenvalue weighted by molar-refractivity contribution is -0.125. The molecule has 3 nitrogen and oxygen atoms in total. The number of likely N-dealkylation sites (tertiary alicyclic amines) is 1. The van der Waals surface area contributed by atoms with E-state index >= 15 is 0 Å². The summed E-state index contributed by atoms with van der Waals surface area (Å²) in [4.78, 5) is 15.2. The molecular weight excluding hydrogens is 308 g/mol. The minimum Gasteiger partial charge on any atom is -0.352 e. The standard InChI is InChI=1S/C22H26N2O/c1-16-13-24(14-17-7-3-2-4-8-17)15-21(16)23-22(25)20-11-18-9-5-6-10-19(18)12-20/h2-10,16,20-21H,11-15H2,1H3,(H,23,25). The highest BCUT2D eigenvalue weighted by Crippen LogP contribution is 2.27. The zero-order valence-corrected chi connectivity index (χ0v) is 14.8. The van der Waals surface area contributed by atoms with Crippen molar-refractivity contribution in [3.05, 3.63) is 71.3 Å². The number of hydrogen-bond acceptors (Lipinski definition) is 2. The SMILES string of the molecule is CC1CN(Cc2ccccc2)CC1NC(=O)C1Cc2ccccc2C1. The smallest absolute Gasteiger partial charge is 0.224 e. The predicted octanol–water partition coefficient (Wildman–Crippen LogP) is 3.04. The molecule has 130 valence electrons. The van der Waals surface area contributed by atoms with Gasteiger partial charge >= 0.3 is 0 Å². The van der Waals surface area contributed by atoms with Gasteiger partial charge in [0.25, 0.3) is 0 Å². The molecule has 2 atom stereocenters. The number of rotatable bonds is 4. The molecule has 1 saturated heterocycles. The van der Waals surface area contributed by atoms with Crippen LogP contribution in [0.2, 0.25) is 0 Å². The molecule has 1 aliphatic carbocycles. The van der Waals surface area contributed by atoms with E-state index in [2.05, 4.69) is 71.7 Å². The summed E-state index contributed by atoms with van der Waals surface area (Å²) in [5.41, 5.74) is 4.02. The third kappa shape index (κ3) is 3.62. The molecule has 2 unspecified atom stereocenters. The molecule has 4 rings (SSSR count). The van der Waals surface area contributed by atoms with Crippen molar-refractivity contribution in [3.8, 4) is 0 Å². The first-order valence-corrected chi connectivity index (χ1v) is 9.32. The van der Waals surface area contributed by atoms with Gasteiger partial charge in [0.15, 0.2) is 0 Å². The summed E-state index contributed by atoms with van der Waals surface area (Å²) in [6.07, 6.45) is 1.77. The molecule has 25 heavy (non-hydrogen) atoms. The topological polar surface area (TPSA) is 32.3 Å². The Balaban J connectivity index is 1.33. The quantitative estimate of drug-likeness (QED) is 0.932. The van der Waals surface area contributed by atoms with E-state index in [-0.39, 0.29) is 17.9 Å². The summed E-state index contributed by atoms with van der Waals surface area (Å²) in [5.74, 6) is 0.832. The van der Waals surface area contributed by atoms with Crippen molar-refractivity contribution in [2.75, 3.05) is 13.1 Å². The highest BCUT2D eigenvalue weighted by atomic mass is 16.2. The van der Waals surface area contributed by atoms with Gasteiger partial charge in [-0.2, -0.15) is 0 Å². The van der Waals surface area contributed by atoms with Crippen molar-refractivity contribution < 1.29 is 4.79 Å². The Hall–Kier alpha value is -2.13. The van der Waals surface area contributed by atoms with Crippen LogP contribution in [0.25, 0.3) is 0 Å². The maximum absolute atomic E-state index is 12.8. The van der Waals surface area contributed by atoms with Crippen molar-refractivity contribution in [2.24, 2.45) is 11.8 Å². The van der Waals surface area contributed by atoms with Gasteiger partial charge < -0.3 is 5.32 Å². The lowest BCUT2D eigenvalue weighted by Gasteiger charge is -2.19. The lowest BCUT2D eigenvalue weighted by Crippen LogP contribution is -2.43. The van der Waals surface area contributed by atoms with Gasteiger partial charge in [-0.05, 0) is 35.4 Å². The first kappa shape index (κ1) is 16.3. The highest BCUT2D eigenvalue weighted by Gasteiger charge is 2.34. The Morgan fingerprint density at radius 3 is 2.32 bits per heavy atom. The van der Waals surface area contributed by atoms with Gasteiger partial charge in [-0.25, -0.2) is 0 Å². The molecule has 1 aliphatic heterocycles. The predicted molar refractivity (Wildman–Crippen MR) is 100 cm³/mol. The van der Waals surface area contributed by atoms with Crippen LogP contribution in [-0.4, -0.2) is 29.9 Å². The lowest BCUT2D eigenvalue weighted by atomic mass is 10.0. The van der Waals surface area contributed by atoms with E-state index in [4.69, 9.17) is 0 Å². The number of benzene rings is 2. The molecule has 1 fully saturated rings. The molecule has 2 aromatic rings. The molecule has 0 saturated carbocycles. The van der Waals surface area contributed by atoms with Crippen molar-refractivity contribution >= 4 is 5.91 Å². The maximum Gasteiger partial charge on any atom is 0.224 e. The van der Waals surface area contributed by atoms with E-state index in [1.807, 2.05) is 0 Å². The summed E-state index contributed by atoms with van der Waals surface area (Å²) in [6, 6.07) is 19.3. The zero-order valence-electron chi connectivity index (χ0n) is 14.8. The van der Waals surface area contributed by atoms with Crippen LogP contribution in [0.4, 0.5) is 0 Å². The fourth-order valence-corrected chi connectivity index (χ4v) is 4.27. The van der Waals surface area contributed by atoms with Crippen molar-refractivity contribution in [2.45, 2.75) is 32.4 Å². The molecule has 0 radical (unpaired) electrons. The highest BCUT2D eigenvalue weighted by molar-refractivity contribution is 5.80. The largest absolute Gasteiger partial charge is 0.352 e. The number of amides is 1. The van der Waals surface area contributed by atoms with Crippen LogP contribution in [0.3, 0.4) is 0 Å². The fraction of sp³-hybridized carbons (Fsp3) is 0.409. The normalized spacial score (nSPS) is 23.6. The monoisotopic (exact) mass is 334 g/mol. The van der Waals surface area contributed by atoms with Crippen molar-refractivity contribution in [3.63, 3.8) is 0 Å². The van der Waals surface area contributed by atoms with E-state index < -0.39 is 0 Å². The first-order valence-electron chi connectivity index (χ1n) is 9.32. The fourth-order valence-electron chi connectivity index (χ4n) is 4.27. The minimum atomic E-state index is 0.104. The number of fused-ring (bicyclic) bond motifs is 1. The Morgan fingerprint density at radius 2 is 1.64 bits per heavy atom. The zero-order chi connectivity index (χ0) is 17.2. The average molecular weight is 334 g/mol. The molecule has 0 aromatic heterocycles. The van der Waals surface area contributed by atoms with E-state index in [1.165, 1.54) is 16.7 Å². The van der Waals surface area contributed by atoms with Gasteiger partial charge in [0.1, 0.15) is 0 Å². The molecule has 1 N–H and O–H groups in total. The minimum absolute atomic E-state index is 0.104. The average Bonchev–Trinajstić information content (AvgIpc) is 3.19. The van der Waals surface area contributed by atoms with Crippen LogP contribution >= 0.6 is 0 Å². The summed E-state index contributed by atoms with van der Waals surface area (Å²) in [5, 5.41) is 3.34. The summed E-state index contributed by atoms with van der Waals surface area (Å²) >= 11 is 0. The van der Waals surface area contributed by atoms with Crippen LogP contribution in [0.1, 0.15) is 23.6 Å². The van der Waals surface area contributed by atoms with E-state index in [1.54, 1.807) is 0 Å². The van der Waals surface area contributed by atoms with Crippen LogP contribution < -0.4 is 5.32 Å².